The van der Waals surface area contributed by atoms with Crippen molar-refractivity contribution < 1.29 is 4.79 Å². The van der Waals surface area contributed by atoms with Crippen molar-refractivity contribution in [3.8, 4) is 0 Å². The first-order chi connectivity index (χ1) is 13.0. The molecule has 1 amide bonds. The first-order valence-corrected chi connectivity index (χ1v) is 9.36. The summed E-state index contributed by atoms with van der Waals surface area (Å²) >= 11 is 6.05. The van der Waals surface area contributed by atoms with E-state index in [2.05, 4.69) is 38.2 Å². The SMILES string of the molecule is Cc1cc(C)c(N[C@H]2c3ccccc3C(=O)N2c2ccc(Cl)cc2)c(C)c1. The number of hydrogen-bond acceptors (Lipinski definition) is 2. The molecule has 0 aliphatic carbocycles. The summed E-state index contributed by atoms with van der Waals surface area (Å²) in [6.45, 7) is 6.29. The molecule has 1 N–H and O–H groups in total. The molecule has 0 aromatic heterocycles. The molecule has 0 saturated carbocycles. The quantitative estimate of drug-likeness (QED) is 0.604. The van der Waals surface area contributed by atoms with E-state index in [4.69, 9.17) is 11.6 Å². The van der Waals surface area contributed by atoms with E-state index in [1.54, 1.807) is 4.90 Å². The van der Waals surface area contributed by atoms with E-state index in [0.29, 0.717) is 5.02 Å². The number of carbonyl (C=O) groups is 1. The number of hydrogen-bond donors (Lipinski definition) is 1. The topological polar surface area (TPSA) is 32.3 Å². The minimum atomic E-state index is -0.269. The van der Waals surface area contributed by atoms with Gasteiger partial charge in [-0.2, -0.15) is 0 Å². The highest BCUT2D eigenvalue weighted by atomic mass is 35.5. The molecule has 0 spiro atoms. The number of halogens is 1. The molecule has 27 heavy (non-hydrogen) atoms. The zero-order chi connectivity index (χ0) is 19.1. The number of anilines is 2. The Balaban J connectivity index is 1.82. The highest BCUT2D eigenvalue weighted by Crippen LogP contribution is 2.39. The molecule has 1 aliphatic rings. The lowest BCUT2D eigenvalue weighted by molar-refractivity contribution is 0.0993. The van der Waals surface area contributed by atoms with Gasteiger partial charge in [0.05, 0.1) is 0 Å². The molecule has 1 atom stereocenters. The number of fused-ring (bicyclic) bond motifs is 1. The Morgan fingerprint density at radius 1 is 0.926 bits per heavy atom. The van der Waals surface area contributed by atoms with E-state index in [-0.39, 0.29) is 12.1 Å². The fourth-order valence-electron chi connectivity index (χ4n) is 3.87. The van der Waals surface area contributed by atoms with Crippen LogP contribution in [0.15, 0.2) is 60.7 Å². The Hall–Kier alpha value is -2.78. The lowest BCUT2D eigenvalue weighted by Gasteiger charge is -2.29. The number of nitrogens with one attached hydrogen (secondary N) is 1. The highest BCUT2D eigenvalue weighted by Gasteiger charge is 2.37. The van der Waals surface area contributed by atoms with Gasteiger partial charge in [0.25, 0.3) is 5.91 Å². The number of rotatable bonds is 3. The Morgan fingerprint density at radius 3 is 2.22 bits per heavy atom. The Morgan fingerprint density at radius 2 is 1.56 bits per heavy atom. The molecule has 3 aromatic rings. The van der Waals surface area contributed by atoms with Crippen LogP contribution in [0.1, 0.15) is 38.8 Å². The van der Waals surface area contributed by atoms with Gasteiger partial charge in [-0.3, -0.25) is 9.69 Å². The lowest BCUT2D eigenvalue weighted by atomic mass is 10.0. The van der Waals surface area contributed by atoms with Gasteiger partial charge in [0.1, 0.15) is 6.17 Å². The van der Waals surface area contributed by atoms with Crippen molar-refractivity contribution >= 4 is 28.9 Å². The summed E-state index contributed by atoms with van der Waals surface area (Å²) in [5.41, 5.74) is 7.16. The molecule has 136 valence electrons. The molecule has 0 saturated heterocycles. The second-order valence-corrected chi connectivity index (χ2v) is 7.50. The molecule has 1 heterocycles. The van der Waals surface area contributed by atoms with Crippen LogP contribution in [-0.4, -0.2) is 5.91 Å². The third kappa shape index (κ3) is 3.08. The first-order valence-electron chi connectivity index (χ1n) is 8.98. The maximum Gasteiger partial charge on any atom is 0.260 e. The third-order valence-electron chi connectivity index (χ3n) is 5.03. The van der Waals surface area contributed by atoms with Gasteiger partial charge in [-0.25, -0.2) is 0 Å². The molecule has 0 unspecified atom stereocenters. The number of nitrogens with zero attached hydrogens (tertiary/aromatic N) is 1. The summed E-state index contributed by atoms with van der Waals surface area (Å²) < 4.78 is 0. The Bertz CT molecular complexity index is 1000. The van der Waals surface area contributed by atoms with Gasteiger partial charge in [-0.15, -0.1) is 0 Å². The van der Waals surface area contributed by atoms with Crippen LogP contribution in [0.4, 0.5) is 11.4 Å². The van der Waals surface area contributed by atoms with Crippen LogP contribution in [0.3, 0.4) is 0 Å². The monoisotopic (exact) mass is 376 g/mol. The van der Waals surface area contributed by atoms with Gasteiger partial charge in [0, 0.05) is 27.5 Å². The molecular formula is C23H21ClN2O. The summed E-state index contributed by atoms with van der Waals surface area (Å²) in [5.74, 6) is -0.00663. The average Bonchev–Trinajstić information content (AvgIpc) is 2.91. The summed E-state index contributed by atoms with van der Waals surface area (Å²) in [6, 6.07) is 19.5. The van der Waals surface area contributed by atoms with Crippen LogP contribution in [0.2, 0.25) is 5.02 Å². The van der Waals surface area contributed by atoms with Gasteiger partial charge in [0.2, 0.25) is 0 Å². The van der Waals surface area contributed by atoms with Crippen molar-refractivity contribution in [1.82, 2.24) is 0 Å². The second kappa shape index (κ2) is 6.75. The number of carbonyl (C=O) groups excluding carboxylic acids is 1. The molecule has 0 bridgehead atoms. The summed E-state index contributed by atoms with van der Waals surface area (Å²) in [6.07, 6.45) is -0.269. The molecule has 1 aliphatic heterocycles. The normalized spacial score (nSPS) is 15.8. The Labute approximate surface area is 164 Å². The largest absolute Gasteiger partial charge is 0.361 e. The summed E-state index contributed by atoms with van der Waals surface area (Å²) in [7, 11) is 0. The lowest BCUT2D eigenvalue weighted by Crippen LogP contribution is -2.32. The van der Waals surface area contributed by atoms with E-state index < -0.39 is 0 Å². The molecule has 4 heteroatoms. The summed E-state index contributed by atoms with van der Waals surface area (Å²) in [4.78, 5) is 15.0. The maximum absolute atomic E-state index is 13.2. The zero-order valence-corrected chi connectivity index (χ0v) is 16.3. The molecule has 4 rings (SSSR count). The van der Waals surface area contributed by atoms with Crippen LogP contribution < -0.4 is 10.2 Å². The Kier molecular flexibility index (Phi) is 4.40. The van der Waals surface area contributed by atoms with Crippen LogP contribution >= 0.6 is 11.6 Å². The van der Waals surface area contributed by atoms with Crippen molar-refractivity contribution in [2.75, 3.05) is 10.2 Å². The van der Waals surface area contributed by atoms with E-state index >= 15 is 0 Å². The zero-order valence-electron chi connectivity index (χ0n) is 15.6. The minimum absolute atomic E-state index is 0.00663. The van der Waals surface area contributed by atoms with Crippen molar-refractivity contribution in [3.63, 3.8) is 0 Å². The van der Waals surface area contributed by atoms with E-state index in [1.165, 1.54) is 16.7 Å². The smallest absolute Gasteiger partial charge is 0.260 e. The van der Waals surface area contributed by atoms with E-state index in [9.17, 15) is 4.79 Å². The minimum Gasteiger partial charge on any atom is -0.361 e. The highest BCUT2D eigenvalue weighted by molar-refractivity contribution is 6.30. The van der Waals surface area contributed by atoms with Crippen LogP contribution in [0.25, 0.3) is 0 Å². The van der Waals surface area contributed by atoms with Crippen molar-refractivity contribution in [1.29, 1.82) is 0 Å². The van der Waals surface area contributed by atoms with Crippen LogP contribution in [0.5, 0.6) is 0 Å². The van der Waals surface area contributed by atoms with Gasteiger partial charge < -0.3 is 5.32 Å². The number of amides is 1. The van der Waals surface area contributed by atoms with Crippen molar-refractivity contribution in [2.24, 2.45) is 0 Å². The van der Waals surface area contributed by atoms with Crippen molar-refractivity contribution in [3.05, 3.63) is 93.5 Å². The molecule has 0 radical (unpaired) electrons. The maximum atomic E-state index is 13.2. The van der Waals surface area contributed by atoms with E-state index in [0.717, 1.165) is 22.5 Å². The van der Waals surface area contributed by atoms with Gasteiger partial charge >= 0.3 is 0 Å². The number of aryl methyl sites for hydroxylation is 3. The predicted octanol–water partition coefficient (Wildman–Crippen LogP) is 6.04. The average molecular weight is 377 g/mol. The fourth-order valence-corrected chi connectivity index (χ4v) is 4.00. The fraction of sp³-hybridized carbons (Fsp3) is 0.174. The second-order valence-electron chi connectivity index (χ2n) is 7.06. The third-order valence-corrected chi connectivity index (χ3v) is 5.28. The number of benzene rings is 3. The van der Waals surface area contributed by atoms with Gasteiger partial charge in [0.15, 0.2) is 0 Å². The van der Waals surface area contributed by atoms with Crippen LogP contribution in [0, 0.1) is 20.8 Å². The van der Waals surface area contributed by atoms with Crippen molar-refractivity contribution in [2.45, 2.75) is 26.9 Å². The molecule has 3 nitrogen and oxygen atoms in total. The molecular weight excluding hydrogens is 356 g/mol. The summed E-state index contributed by atoms with van der Waals surface area (Å²) in [5, 5.41) is 4.28. The van der Waals surface area contributed by atoms with Crippen LogP contribution in [-0.2, 0) is 0 Å². The van der Waals surface area contributed by atoms with Gasteiger partial charge in [-0.05, 0) is 62.2 Å². The standard InChI is InChI=1S/C23H21ClN2O/c1-14-12-15(2)21(16(3)13-14)25-22-19-6-4-5-7-20(19)23(27)26(22)18-10-8-17(24)9-11-18/h4-13,22,25H,1-3H3/t22-/m1/s1. The first kappa shape index (κ1) is 17.6. The van der Waals surface area contributed by atoms with Gasteiger partial charge in [-0.1, -0.05) is 47.5 Å². The van der Waals surface area contributed by atoms with E-state index in [1.807, 2.05) is 48.5 Å². The predicted molar refractivity (Wildman–Crippen MR) is 112 cm³/mol. The molecule has 0 fully saturated rings. The molecule has 3 aromatic carbocycles.